The number of rotatable bonds is 6. The van der Waals surface area contributed by atoms with Crippen LogP contribution in [0, 0.1) is 0 Å². The summed E-state index contributed by atoms with van der Waals surface area (Å²) in [6.45, 7) is 9.97. The van der Waals surface area contributed by atoms with Gasteiger partial charge in [0.15, 0.2) is 10.1 Å². The van der Waals surface area contributed by atoms with Crippen molar-refractivity contribution in [1.29, 1.82) is 0 Å². The van der Waals surface area contributed by atoms with Crippen molar-refractivity contribution in [3.63, 3.8) is 0 Å². The van der Waals surface area contributed by atoms with Crippen molar-refractivity contribution in [2.24, 2.45) is 0 Å². The molecule has 0 saturated carbocycles. The van der Waals surface area contributed by atoms with Gasteiger partial charge >= 0.3 is 26.5 Å². The maximum absolute atomic E-state index is 14.0. The molecule has 0 spiro atoms. The standard InChI is InChI=1S/C17H22F6O6S2/c1-13(2,3)10-7-11(14(4,5)6)9-12(8-10)29-31(27,28)17(22,23)15(18,19)16(20,21)30(24,25)26/h7-9H,1-6H3,(H,24,25,26)/p-1. The number of benzene rings is 1. The van der Waals surface area contributed by atoms with Gasteiger partial charge < -0.3 is 8.74 Å². The van der Waals surface area contributed by atoms with Crippen LogP contribution in [0.5, 0.6) is 5.75 Å². The predicted molar refractivity (Wildman–Crippen MR) is 97.9 cm³/mol. The topological polar surface area (TPSA) is 101 Å². The van der Waals surface area contributed by atoms with Gasteiger partial charge in [0, 0.05) is 0 Å². The van der Waals surface area contributed by atoms with E-state index in [9.17, 15) is 47.7 Å². The van der Waals surface area contributed by atoms with Gasteiger partial charge in [-0.15, -0.1) is 0 Å². The van der Waals surface area contributed by atoms with E-state index < -0.39 is 53.2 Å². The Morgan fingerprint density at radius 1 is 0.710 bits per heavy atom. The monoisotopic (exact) mass is 499 g/mol. The van der Waals surface area contributed by atoms with Gasteiger partial charge in [0.25, 0.3) is 0 Å². The summed E-state index contributed by atoms with van der Waals surface area (Å²) in [5.41, 5.74) is -0.710. The quantitative estimate of drug-likeness (QED) is 0.328. The predicted octanol–water partition coefficient (Wildman–Crippen LogP) is 4.36. The summed E-state index contributed by atoms with van der Waals surface area (Å²) in [6, 6.07) is 3.46. The number of halogens is 6. The van der Waals surface area contributed by atoms with E-state index in [0.29, 0.717) is 11.1 Å². The smallest absolute Gasteiger partial charge is 0.450 e. The zero-order chi connectivity index (χ0) is 25.1. The van der Waals surface area contributed by atoms with Crippen LogP contribution in [-0.4, -0.2) is 37.8 Å². The molecule has 0 aliphatic heterocycles. The molecule has 0 amide bonds. The number of hydrogen-bond donors (Lipinski definition) is 0. The average Bonchev–Trinajstić information content (AvgIpc) is 2.50. The Labute approximate surface area is 176 Å². The number of alkyl halides is 6. The third-order valence-electron chi connectivity index (χ3n) is 4.20. The molecule has 0 N–H and O–H groups in total. The van der Waals surface area contributed by atoms with Crippen LogP contribution < -0.4 is 4.18 Å². The van der Waals surface area contributed by atoms with Crippen molar-refractivity contribution >= 4 is 20.2 Å². The molecule has 1 aromatic carbocycles. The summed E-state index contributed by atoms with van der Waals surface area (Å²) in [7, 11) is -14.3. The molecule has 0 fully saturated rings. The molecular weight excluding hydrogens is 478 g/mol. The van der Waals surface area contributed by atoms with E-state index in [0.717, 1.165) is 12.1 Å². The Bertz CT molecular complexity index is 1020. The van der Waals surface area contributed by atoms with Crippen molar-refractivity contribution in [2.75, 3.05) is 0 Å². The lowest BCUT2D eigenvalue weighted by atomic mass is 9.80. The van der Waals surface area contributed by atoms with E-state index >= 15 is 0 Å². The Morgan fingerprint density at radius 3 is 1.35 bits per heavy atom. The highest BCUT2D eigenvalue weighted by Gasteiger charge is 2.81. The molecule has 1 aromatic rings. The Hall–Kier alpha value is -1.54. The summed E-state index contributed by atoms with van der Waals surface area (Å²) in [5, 5.41) is -13.7. The normalized spacial score (nSPS) is 15.1. The fraction of sp³-hybridized carbons (Fsp3) is 0.647. The molecule has 180 valence electrons. The van der Waals surface area contributed by atoms with Crippen molar-refractivity contribution in [2.45, 2.75) is 68.8 Å². The fourth-order valence-corrected chi connectivity index (χ4v) is 3.58. The summed E-state index contributed by atoms with van der Waals surface area (Å²) in [6.07, 6.45) is 0. The van der Waals surface area contributed by atoms with Gasteiger partial charge in [-0.2, -0.15) is 34.8 Å². The van der Waals surface area contributed by atoms with Crippen LogP contribution in [-0.2, 0) is 31.1 Å². The van der Waals surface area contributed by atoms with E-state index in [1.165, 1.54) is 0 Å². The van der Waals surface area contributed by atoms with Gasteiger partial charge in [-0.1, -0.05) is 47.6 Å². The molecule has 0 radical (unpaired) electrons. The van der Waals surface area contributed by atoms with Crippen molar-refractivity contribution in [3.05, 3.63) is 29.3 Å². The zero-order valence-corrected chi connectivity index (χ0v) is 18.9. The minimum absolute atomic E-state index is 0.340. The van der Waals surface area contributed by atoms with E-state index in [2.05, 4.69) is 4.18 Å². The molecular formula is C17H21F6O6S2-. The third-order valence-corrected chi connectivity index (χ3v) is 6.38. The van der Waals surface area contributed by atoms with Crippen LogP contribution in [0.3, 0.4) is 0 Å². The van der Waals surface area contributed by atoms with E-state index in [4.69, 9.17) is 0 Å². The minimum atomic E-state index is -7.36. The van der Waals surface area contributed by atoms with Crippen molar-refractivity contribution < 1.29 is 51.9 Å². The van der Waals surface area contributed by atoms with Crippen LogP contribution in [0.2, 0.25) is 0 Å². The number of hydrogen-bond acceptors (Lipinski definition) is 6. The summed E-state index contributed by atoms with van der Waals surface area (Å²) >= 11 is 0. The third kappa shape index (κ3) is 4.95. The van der Waals surface area contributed by atoms with Crippen LogP contribution >= 0.6 is 0 Å². The molecule has 31 heavy (non-hydrogen) atoms. The lowest BCUT2D eigenvalue weighted by Crippen LogP contribution is -2.61. The zero-order valence-electron chi connectivity index (χ0n) is 17.3. The minimum Gasteiger partial charge on any atom is -0.743 e. The fourth-order valence-electron chi connectivity index (χ4n) is 2.18. The highest BCUT2D eigenvalue weighted by atomic mass is 32.2. The van der Waals surface area contributed by atoms with E-state index in [1.54, 1.807) is 47.6 Å². The average molecular weight is 499 g/mol. The molecule has 14 heteroatoms. The maximum atomic E-state index is 14.0. The van der Waals surface area contributed by atoms with Crippen LogP contribution in [0.1, 0.15) is 52.7 Å². The lowest BCUT2D eigenvalue weighted by Gasteiger charge is -2.32. The van der Waals surface area contributed by atoms with Gasteiger partial charge in [0.1, 0.15) is 5.75 Å². The molecule has 0 unspecified atom stereocenters. The van der Waals surface area contributed by atoms with Crippen LogP contribution in [0.4, 0.5) is 26.3 Å². The molecule has 6 nitrogen and oxygen atoms in total. The molecule has 1 rings (SSSR count). The second kappa shape index (κ2) is 7.51. The highest BCUT2D eigenvalue weighted by molar-refractivity contribution is 7.88. The Kier molecular flexibility index (Phi) is 6.66. The molecule has 0 aromatic heterocycles. The van der Waals surface area contributed by atoms with Crippen LogP contribution in [0.15, 0.2) is 18.2 Å². The first-order chi connectivity index (χ1) is 13.3. The van der Waals surface area contributed by atoms with Gasteiger partial charge in [-0.3, -0.25) is 0 Å². The maximum Gasteiger partial charge on any atom is 0.450 e. The molecule has 0 bridgehead atoms. The van der Waals surface area contributed by atoms with Crippen LogP contribution in [0.25, 0.3) is 0 Å². The van der Waals surface area contributed by atoms with E-state index in [1.807, 2.05) is 0 Å². The van der Waals surface area contributed by atoms with Gasteiger partial charge in [-0.05, 0) is 34.1 Å². The largest absolute Gasteiger partial charge is 0.743 e. The van der Waals surface area contributed by atoms with E-state index in [-0.39, 0.29) is 0 Å². The first-order valence-electron chi connectivity index (χ1n) is 8.48. The van der Waals surface area contributed by atoms with Gasteiger partial charge in [0.05, 0.1) is 0 Å². The highest BCUT2D eigenvalue weighted by Crippen LogP contribution is 2.51. The van der Waals surface area contributed by atoms with Crippen molar-refractivity contribution in [1.82, 2.24) is 0 Å². The Morgan fingerprint density at radius 2 is 1.06 bits per heavy atom. The summed E-state index contributed by atoms with van der Waals surface area (Å²) in [5.74, 6) is -8.02. The SMILES string of the molecule is CC(C)(C)c1cc(OS(=O)(=O)C(F)(F)C(F)(F)C(F)(F)S(=O)(=O)[O-])cc(C(C)(C)C)c1. The second-order valence-electron chi connectivity index (χ2n) is 8.85. The summed E-state index contributed by atoms with van der Waals surface area (Å²) < 4.78 is 141. The first-order valence-corrected chi connectivity index (χ1v) is 11.3. The molecule has 0 aliphatic rings. The Balaban J connectivity index is 3.65. The van der Waals surface area contributed by atoms with Crippen molar-refractivity contribution in [3.8, 4) is 5.75 Å². The second-order valence-corrected chi connectivity index (χ2v) is 11.9. The molecule has 0 saturated heterocycles. The van der Waals surface area contributed by atoms with Gasteiger partial charge in [0.2, 0.25) is 0 Å². The molecule has 0 aliphatic carbocycles. The van der Waals surface area contributed by atoms with Gasteiger partial charge in [-0.25, -0.2) is 8.42 Å². The first kappa shape index (κ1) is 27.5. The summed E-state index contributed by atoms with van der Waals surface area (Å²) in [4.78, 5) is 0. The lowest BCUT2D eigenvalue weighted by molar-refractivity contribution is -0.247. The molecule has 0 atom stereocenters. The molecule has 0 heterocycles.